The van der Waals surface area contributed by atoms with Gasteiger partial charge in [0.05, 0.1) is 20.0 Å². The molecule has 0 saturated carbocycles. The molecule has 4 aromatic carbocycles. The smallest absolute Gasteiger partial charge is 0.181 e. The quantitative estimate of drug-likeness (QED) is 0.200. The molecule has 6 aromatic rings. The third-order valence-corrected chi connectivity index (χ3v) is 11.5. The van der Waals surface area contributed by atoms with Gasteiger partial charge in [0.25, 0.3) is 0 Å². The van der Waals surface area contributed by atoms with Gasteiger partial charge < -0.3 is 18.9 Å². The van der Waals surface area contributed by atoms with Crippen LogP contribution < -0.4 is 18.9 Å². The predicted octanol–water partition coefficient (Wildman–Crippen LogP) is 9.03. The lowest BCUT2D eigenvalue weighted by molar-refractivity contribution is 0.172. The molecule has 0 bridgehead atoms. The van der Waals surface area contributed by atoms with E-state index < -0.39 is 0 Å². The number of hydrogen-bond acceptors (Lipinski definition) is 6. The van der Waals surface area contributed by atoms with Gasteiger partial charge in [0.2, 0.25) is 0 Å². The van der Waals surface area contributed by atoms with Crippen LogP contribution in [-0.2, 0) is 5.41 Å². The molecule has 4 aliphatic rings. The number of fused-ring (bicyclic) bond motifs is 12. The maximum atomic E-state index is 6.36. The van der Waals surface area contributed by atoms with E-state index in [1.807, 2.05) is 5.38 Å². The lowest BCUT2D eigenvalue weighted by Gasteiger charge is -2.30. The van der Waals surface area contributed by atoms with E-state index in [0.29, 0.717) is 26.4 Å². The Labute approximate surface area is 256 Å². The monoisotopic (exact) mass is 596 g/mol. The van der Waals surface area contributed by atoms with Gasteiger partial charge in [-0.05, 0) is 56.1 Å². The molecule has 0 N–H and O–H groups in total. The fourth-order valence-electron chi connectivity index (χ4n) is 7.55. The molecule has 0 saturated heterocycles. The molecule has 0 unspecified atom stereocenters. The van der Waals surface area contributed by atoms with Crippen LogP contribution in [0, 0.1) is 0 Å². The van der Waals surface area contributed by atoms with E-state index in [2.05, 4.69) is 91.0 Å². The van der Waals surface area contributed by atoms with Gasteiger partial charge in [-0.3, -0.25) is 0 Å². The molecule has 0 radical (unpaired) electrons. The topological polar surface area (TPSA) is 36.9 Å². The molecule has 0 amide bonds. The summed E-state index contributed by atoms with van der Waals surface area (Å²) in [7, 11) is 0. The lowest BCUT2D eigenvalue weighted by Crippen LogP contribution is -2.25. The summed E-state index contributed by atoms with van der Waals surface area (Å²) in [5.41, 5.74) is 11.3. The first-order chi connectivity index (χ1) is 21.3. The zero-order valence-electron chi connectivity index (χ0n) is 23.0. The van der Waals surface area contributed by atoms with Crippen molar-refractivity contribution < 1.29 is 18.9 Å². The average Bonchev–Trinajstić information content (AvgIpc) is 3.81. The second-order valence-electron chi connectivity index (χ2n) is 11.2. The Balaban J connectivity index is 1.23. The van der Waals surface area contributed by atoms with Crippen LogP contribution in [0.4, 0.5) is 0 Å². The minimum absolute atomic E-state index is 0.384. The molecule has 0 atom stereocenters. The Morgan fingerprint density at radius 1 is 0.488 bits per heavy atom. The molecule has 0 fully saturated rings. The Morgan fingerprint density at radius 3 is 1.67 bits per heavy atom. The van der Waals surface area contributed by atoms with Gasteiger partial charge in [0.15, 0.2) is 23.0 Å². The molecule has 6 heteroatoms. The number of rotatable bonds is 2. The normalized spacial score (nSPS) is 16.0. The third-order valence-electron chi connectivity index (χ3n) is 9.17. The molecule has 1 spiro atoms. The second-order valence-corrected chi connectivity index (χ2v) is 13.1. The molecule has 208 valence electrons. The number of benzene rings is 4. The number of ether oxygens (including phenoxy) is 4. The first-order valence-corrected chi connectivity index (χ1v) is 16.3. The SMILES string of the molecule is c1ccc2c(c1)-c1ccccc1C21c2ccccc2-c2ccc(-c3sc(-c4scc5c4OCCO5)c4c3OCCO4)cc21. The summed E-state index contributed by atoms with van der Waals surface area (Å²) in [6.07, 6.45) is 0. The van der Waals surface area contributed by atoms with E-state index in [9.17, 15) is 0 Å². The number of hydrogen-bond donors (Lipinski definition) is 0. The van der Waals surface area contributed by atoms with Crippen molar-refractivity contribution in [2.45, 2.75) is 5.41 Å². The summed E-state index contributed by atoms with van der Waals surface area (Å²) in [5, 5.41) is 2.03. The zero-order valence-corrected chi connectivity index (χ0v) is 24.6. The van der Waals surface area contributed by atoms with Gasteiger partial charge in [-0.1, -0.05) is 84.9 Å². The van der Waals surface area contributed by atoms with Gasteiger partial charge in [-0.15, -0.1) is 22.7 Å². The number of thiophene rings is 2. The molecular weight excluding hydrogens is 573 g/mol. The van der Waals surface area contributed by atoms with E-state index in [-0.39, 0.29) is 5.41 Å². The molecule has 2 aliphatic heterocycles. The van der Waals surface area contributed by atoms with Crippen molar-refractivity contribution in [2.24, 2.45) is 0 Å². The lowest BCUT2D eigenvalue weighted by atomic mass is 9.70. The molecule has 4 nitrogen and oxygen atoms in total. The summed E-state index contributed by atoms with van der Waals surface area (Å²) in [4.78, 5) is 3.16. The Hall–Kier alpha value is -4.52. The molecule has 10 rings (SSSR count). The first-order valence-electron chi connectivity index (χ1n) is 14.6. The van der Waals surface area contributed by atoms with Crippen molar-refractivity contribution in [3.63, 3.8) is 0 Å². The van der Waals surface area contributed by atoms with Crippen LogP contribution >= 0.6 is 22.7 Å². The van der Waals surface area contributed by atoms with Gasteiger partial charge in [0.1, 0.15) is 26.4 Å². The van der Waals surface area contributed by atoms with E-state index in [0.717, 1.165) is 43.2 Å². The Morgan fingerprint density at radius 2 is 1.02 bits per heavy atom. The summed E-state index contributed by atoms with van der Waals surface area (Å²) in [5.74, 6) is 3.24. The molecule has 2 aliphatic carbocycles. The van der Waals surface area contributed by atoms with Gasteiger partial charge >= 0.3 is 0 Å². The van der Waals surface area contributed by atoms with Crippen LogP contribution in [0.25, 0.3) is 42.4 Å². The van der Waals surface area contributed by atoms with Crippen LogP contribution in [0.15, 0.2) is 96.4 Å². The highest BCUT2D eigenvalue weighted by atomic mass is 32.1. The molecule has 4 heterocycles. The van der Waals surface area contributed by atoms with Crippen LogP contribution in [-0.4, -0.2) is 26.4 Å². The summed E-state index contributed by atoms with van der Waals surface area (Å²) in [6, 6.07) is 33.7. The van der Waals surface area contributed by atoms with E-state index in [1.165, 1.54) is 44.5 Å². The maximum absolute atomic E-state index is 6.36. The highest BCUT2D eigenvalue weighted by Crippen LogP contribution is 2.64. The minimum Gasteiger partial charge on any atom is -0.485 e. The van der Waals surface area contributed by atoms with Crippen LogP contribution in [0.1, 0.15) is 22.3 Å². The predicted molar refractivity (Wildman–Crippen MR) is 171 cm³/mol. The Kier molecular flexibility index (Phi) is 4.88. The molecule has 2 aromatic heterocycles. The van der Waals surface area contributed by atoms with Gasteiger partial charge in [-0.2, -0.15) is 0 Å². The standard InChI is InChI=1S/C37H24O4S2/c1-4-10-26-22(7-1)23-8-2-5-11-27(23)37(26)28-12-6-3-9-24(28)25-14-13-21(19-29(25)37)34-32-33(41-18-17-40-32)36(43-34)35-31-30(20-42-35)38-15-16-39-31/h1-14,19-20H,15-18H2. The van der Waals surface area contributed by atoms with Crippen LogP contribution in [0.5, 0.6) is 23.0 Å². The largest absolute Gasteiger partial charge is 0.485 e. The van der Waals surface area contributed by atoms with Crippen molar-refractivity contribution in [1.82, 2.24) is 0 Å². The van der Waals surface area contributed by atoms with Crippen molar-refractivity contribution >= 4 is 22.7 Å². The highest BCUT2D eigenvalue weighted by Gasteiger charge is 2.51. The van der Waals surface area contributed by atoms with E-state index in [4.69, 9.17) is 18.9 Å². The zero-order chi connectivity index (χ0) is 28.1. The van der Waals surface area contributed by atoms with Crippen molar-refractivity contribution in [3.8, 4) is 65.4 Å². The molecule has 43 heavy (non-hydrogen) atoms. The van der Waals surface area contributed by atoms with Crippen molar-refractivity contribution in [3.05, 3.63) is 119 Å². The van der Waals surface area contributed by atoms with Crippen LogP contribution in [0.2, 0.25) is 0 Å². The van der Waals surface area contributed by atoms with Crippen molar-refractivity contribution in [2.75, 3.05) is 26.4 Å². The second kappa shape index (κ2) is 8.75. The fourth-order valence-corrected chi connectivity index (χ4v) is 9.80. The fraction of sp³-hybridized carbons (Fsp3) is 0.135. The van der Waals surface area contributed by atoms with Crippen LogP contribution in [0.3, 0.4) is 0 Å². The van der Waals surface area contributed by atoms with Crippen molar-refractivity contribution in [1.29, 1.82) is 0 Å². The first kappa shape index (κ1) is 24.0. The third kappa shape index (κ3) is 3.04. The summed E-state index contributed by atoms with van der Waals surface area (Å²) in [6.45, 7) is 2.17. The van der Waals surface area contributed by atoms with Gasteiger partial charge in [-0.25, -0.2) is 0 Å². The summed E-state index contributed by atoms with van der Waals surface area (Å²) >= 11 is 3.35. The van der Waals surface area contributed by atoms with E-state index in [1.54, 1.807) is 22.7 Å². The van der Waals surface area contributed by atoms with E-state index >= 15 is 0 Å². The average molecular weight is 597 g/mol. The van der Waals surface area contributed by atoms with Gasteiger partial charge in [0, 0.05) is 5.38 Å². The minimum atomic E-state index is -0.384. The highest BCUT2D eigenvalue weighted by molar-refractivity contribution is 7.24. The molecular formula is C37H24O4S2. The maximum Gasteiger partial charge on any atom is 0.181 e. The summed E-state index contributed by atoms with van der Waals surface area (Å²) < 4.78 is 24.6. The Bertz CT molecular complexity index is 2060.